The summed E-state index contributed by atoms with van der Waals surface area (Å²) >= 11 is 7.56. The van der Waals surface area contributed by atoms with Gasteiger partial charge in [0.2, 0.25) is 0 Å². The van der Waals surface area contributed by atoms with Crippen molar-refractivity contribution in [3.8, 4) is 0 Å². The number of carbonyl (C=O) groups excluding carboxylic acids is 4. The predicted molar refractivity (Wildman–Crippen MR) is 188 cm³/mol. The van der Waals surface area contributed by atoms with Crippen molar-refractivity contribution in [1.82, 2.24) is 0 Å². The molecule has 4 aromatic carbocycles. The molecule has 2 amide bonds. The van der Waals surface area contributed by atoms with E-state index in [0.29, 0.717) is 43.1 Å². The summed E-state index contributed by atoms with van der Waals surface area (Å²) in [6.07, 6.45) is 2.93. The maximum atomic E-state index is 13.9. The van der Waals surface area contributed by atoms with Crippen molar-refractivity contribution in [2.45, 2.75) is 48.4 Å². The van der Waals surface area contributed by atoms with E-state index in [1.54, 1.807) is 72.8 Å². The van der Waals surface area contributed by atoms with Crippen LogP contribution >= 0.6 is 23.2 Å². The summed E-state index contributed by atoms with van der Waals surface area (Å²) in [4.78, 5) is 54.4. The summed E-state index contributed by atoms with van der Waals surface area (Å²) in [6, 6.07) is 26.1. The van der Waals surface area contributed by atoms with Gasteiger partial charge in [-0.05, 0) is 0 Å². The third-order valence-electron chi connectivity index (χ3n) is 7.33. The van der Waals surface area contributed by atoms with Crippen LogP contribution in [-0.2, 0) is 6.15 Å². The van der Waals surface area contributed by atoms with Gasteiger partial charge >= 0.3 is 291 Å². The monoisotopic (exact) mass is 782 g/mol. The molecular formula is C36H36Cl2N2O6Sn. The molecule has 4 rings (SSSR count). The number of hydrogen-bond donors (Lipinski definition) is 2. The molecular weight excluding hydrogens is 746 g/mol. The van der Waals surface area contributed by atoms with Crippen LogP contribution in [0.4, 0.5) is 11.4 Å². The number of amides is 2. The van der Waals surface area contributed by atoms with Crippen LogP contribution in [0.25, 0.3) is 0 Å². The fraction of sp³-hybridized carbons (Fsp3) is 0.222. The van der Waals surface area contributed by atoms with Crippen molar-refractivity contribution in [1.29, 1.82) is 0 Å². The summed E-state index contributed by atoms with van der Waals surface area (Å²) < 4.78 is 13.5. The minimum atomic E-state index is -4.60. The molecule has 0 aromatic heterocycles. The predicted octanol–water partition coefficient (Wildman–Crippen LogP) is 9.55. The number of anilines is 2. The molecule has 0 spiro atoms. The van der Waals surface area contributed by atoms with Gasteiger partial charge in [0.05, 0.1) is 0 Å². The zero-order chi connectivity index (χ0) is 33.8. The van der Waals surface area contributed by atoms with Gasteiger partial charge in [-0.2, -0.15) is 0 Å². The Morgan fingerprint density at radius 1 is 0.574 bits per heavy atom. The molecule has 8 nitrogen and oxygen atoms in total. The van der Waals surface area contributed by atoms with Gasteiger partial charge in [0, 0.05) is 0 Å². The van der Waals surface area contributed by atoms with Crippen molar-refractivity contribution < 1.29 is 25.3 Å². The van der Waals surface area contributed by atoms with Gasteiger partial charge in [-0.1, -0.05) is 0 Å². The van der Waals surface area contributed by atoms with Gasteiger partial charge in [-0.3, -0.25) is 0 Å². The fourth-order valence-corrected chi connectivity index (χ4v) is 15.0. The Labute approximate surface area is 289 Å². The molecule has 0 bridgehead atoms. The normalized spacial score (nSPS) is 11.0. The van der Waals surface area contributed by atoms with Crippen molar-refractivity contribution >= 4 is 77.5 Å². The van der Waals surface area contributed by atoms with E-state index < -0.39 is 43.0 Å². The number of carbonyl (C=O) groups is 4. The Morgan fingerprint density at radius 3 is 1.32 bits per heavy atom. The van der Waals surface area contributed by atoms with Crippen molar-refractivity contribution in [2.24, 2.45) is 0 Å². The number of hydrogen-bond acceptors (Lipinski definition) is 6. The quantitative estimate of drug-likeness (QED) is 0.123. The van der Waals surface area contributed by atoms with Gasteiger partial charge in [-0.25, -0.2) is 0 Å². The molecule has 11 heteroatoms. The molecule has 0 heterocycles. The molecule has 0 aliphatic rings. The van der Waals surface area contributed by atoms with E-state index in [1.165, 1.54) is 24.3 Å². The molecule has 0 unspecified atom stereocenters. The van der Waals surface area contributed by atoms with Gasteiger partial charge < -0.3 is 0 Å². The molecule has 0 saturated carbocycles. The van der Waals surface area contributed by atoms with Gasteiger partial charge in [0.25, 0.3) is 0 Å². The van der Waals surface area contributed by atoms with Crippen molar-refractivity contribution in [3.63, 3.8) is 0 Å². The van der Waals surface area contributed by atoms with Crippen LogP contribution in [0, 0.1) is 0 Å². The third kappa shape index (κ3) is 10.1. The molecule has 4 aromatic rings. The van der Waals surface area contributed by atoms with E-state index in [4.69, 9.17) is 29.4 Å². The van der Waals surface area contributed by atoms with Crippen molar-refractivity contribution in [3.05, 3.63) is 129 Å². The van der Waals surface area contributed by atoms with Crippen LogP contribution in [0.1, 0.15) is 81.0 Å². The third-order valence-corrected chi connectivity index (χ3v) is 17.3. The second kappa shape index (κ2) is 17.3. The molecule has 0 aliphatic heterocycles. The molecule has 0 saturated heterocycles. The fourth-order valence-electron chi connectivity index (χ4n) is 4.94. The maximum absolute atomic E-state index is 13.9. The number of halogens is 2. The number of benzene rings is 4. The molecule has 244 valence electrons. The first-order valence-corrected chi connectivity index (χ1v) is 22.6. The van der Waals surface area contributed by atoms with Gasteiger partial charge in [-0.15, -0.1) is 0 Å². The zero-order valence-corrected chi connectivity index (χ0v) is 30.6. The number of nitrogens with one attached hydrogen (secondary N) is 2. The van der Waals surface area contributed by atoms with Crippen LogP contribution in [0.15, 0.2) is 97.1 Å². The first-order chi connectivity index (χ1) is 22.6. The first kappa shape index (κ1) is 36.0. The van der Waals surface area contributed by atoms with E-state index in [9.17, 15) is 19.2 Å². The Balaban J connectivity index is 1.63. The van der Waals surface area contributed by atoms with Crippen LogP contribution < -0.4 is 10.6 Å². The Bertz CT molecular complexity index is 1620. The van der Waals surface area contributed by atoms with E-state index in [-0.39, 0.29) is 22.3 Å². The van der Waals surface area contributed by atoms with E-state index in [1.807, 2.05) is 13.8 Å². The standard InChI is InChI=1S/2C14H10ClNO3.2C4H9.Sn/c2*15-9-4-3-5-10(8-9)16-13(17)11-6-1-2-7-12(11)14(18)19;2*1-3-4-2;/h2*1-8H,(H,16,17)(H,18,19);2*1,3-4H2,2H3;/q;;;;+2/p-2. The number of unbranched alkanes of at least 4 members (excludes halogenated alkanes) is 2. The Morgan fingerprint density at radius 2 is 0.957 bits per heavy atom. The summed E-state index contributed by atoms with van der Waals surface area (Å²) in [6.45, 7) is 4.01. The summed E-state index contributed by atoms with van der Waals surface area (Å²) in [5.41, 5.74) is 1.27. The topological polar surface area (TPSA) is 111 Å². The van der Waals surface area contributed by atoms with E-state index in [0.717, 1.165) is 12.8 Å². The SMILES string of the molecule is CCC[CH2][Sn]([CH2]CCC)([O]C(=O)c1ccccc1C(=O)Nc1cccc(Cl)c1)[O]C(=O)c1ccccc1C(=O)Nc1cccc(Cl)c1. The van der Waals surface area contributed by atoms with Crippen molar-refractivity contribution in [2.75, 3.05) is 10.6 Å². The first-order valence-electron chi connectivity index (χ1n) is 15.4. The van der Waals surface area contributed by atoms with Crippen LogP contribution in [-0.4, -0.2) is 43.0 Å². The summed E-state index contributed by atoms with van der Waals surface area (Å²) in [5.74, 6) is -2.49. The average Bonchev–Trinajstić information content (AvgIpc) is 3.06. The van der Waals surface area contributed by atoms with Crippen LogP contribution in [0.5, 0.6) is 0 Å². The zero-order valence-electron chi connectivity index (χ0n) is 26.2. The summed E-state index contributed by atoms with van der Waals surface area (Å²) in [5, 5.41) is 6.45. The van der Waals surface area contributed by atoms with Gasteiger partial charge in [0.15, 0.2) is 0 Å². The van der Waals surface area contributed by atoms with Crippen LogP contribution in [0.3, 0.4) is 0 Å². The Hall–Kier alpha value is -3.86. The summed E-state index contributed by atoms with van der Waals surface area (Å²) in [7, 11) is 0. The molecule has 0 atom stereocenters. The molecule has 0 fully saturated rings. The molecule has 2 N–H and O–H groups in total. The van der Waals surface area contributed by atoms with E-state index in [2.05, 4.69) is 10.6 Å². The van der Waals surface area contributed by atoms with Gasteiger partial charge in [0.1, 0.15) is 0 Å². The second-order valence-electron chi connectivity index (χ2n) is 10.9. The Kier molecular flexibility index (Phi) is 13.3. The number of rotatable bonds is 14. The van der Waals surface area contributed by atoms with E-state index >= 15 is 0 Å². The average molecular weight is 782 g/mol. The molecule has 0 aliphatic carbocycles. The minimum absolute atomic E-state index is 0.0541. The van der Waals surface area contributed by atoms with Crippen LogP contribution in [0.2, 0.25) is 18.9 Å². The molecule has 0 radical (unpaired) electrons. The second-order valence-corrected chi connectivity index (χ2v) is 21.0. The molecule has 47 heavy (non-hydrogen) atoms.